The zero-order valence-electron chi connectivity index (χ0n) is 18.4. The molecule has 8 nitrogen and oxygen atoms in total. The van der Waals surface area contributed by atoms with Crippen molar-refractivity contribution in [3.8, 4) is 11.5 Å². The zero-order valence-corrected chi connectivity index (χ0v) is 18.4. The highest BCUT2D eigenvalue weighted by atomic mass is 16.7. The smallest absolute Gasteiger partial charge is 0.484 e. The van der Waals surface area contributed by atoms with Crippen LogP contribution in [0.1, 0.15) is 29.3 Å². The van der Waals surface area contributed by atoms with Crippen molar-refractivity contribution in [2.45, 2.75) is 20.3 Å². The standard InChI is InChI=1S/C24H28N2O6/c1-3-30-24(29)32-21-11-7-19(8-12-21)23(28)26-14-4-13-25(15-16-26)22(27)17-31-20-9-5-18(2)6-10-20/h5-12H,3-4,13-17H2,1-2H3. The van der Waals surface area contributed by atoms with E-state index in [1.165, 1.54) is 0 Å². The van der Waals surface area contributed by atoms with E-state index in [1.54, 1.807) is 41.0 Å². The van der Waals surface area contributed by atoms with E-state index in [1.807, 2.05) is 31.2 Å². The van der Waals surface area contributed by atoms with Crippen LogP contribution < -0.4 is 9.47 Å². The molecule has 0 bridgehead atoms. The van der Waals surface area contributed by atoms with Crippen molar-refractivity contribution < 1.29 is 28.6 Å². The fraction of sp³-hybridized carbons (Fsp3) is 0.375. The molecule has 1 saturated heterocycles. The van der Waals surface area contributed by atoms with Crippen LogP contribution in [0, 0.1) is 6.92 Å². The molecule has 0 atom stereocenters. The Bertz CT molecular complexity index is 927. The Hall–Kier alpha value is -3.55. The summed E-state index contributed by atoms with van der Waals surface area (Å²) in [6.45, 7) is 5.90. The third-order valence-corrected chi connectivity index (χ3v) is 5.08. The maximum absolute atomic E-state index is 12.9. The van der Waals surface area contributed by atoms with Gasteiger partial charge in [0.15, 0.2) is 6.61 Å². The molecule has 0 aliphatic carbocycles. The van der Waals surface area contributed by atoms with E-state index in [-0.39, 0.29) is 25.0 Å². The molecule has 1 aliphatic rings. The summed E-state index contributed by atoms with van der Waals surface area (Å²) in [6.07, 6.45) is -0.0956. The van der Waals surface area contributed by atoms with Gasteiger partial charge in [-0.3, -0.25) is 9.59 Å². The van der Waals surface area contributed by atoms with Crippen molar-refractivity contribution in [2.24, 2.45) is 0 Å². The molecule has 0 N–H and O–H groups in total. The second-order valence-electron chi connectivity index (χ2n) is 7.44. The lowest BCUT2D eigenvalue weighted by Gasteiger charge is -2.22. The topological polar surface area (TPSA) is 85.4 Å². The first-order valence-electron chi connectivity index (χ1n) is 10.7. The highest BCUT2D eigenvalue weighted by Gasteiger charge is 2.23. The summed E-state index contributed by atoms with van der Waals surface area (Å²) >= 11 is 0. The van der Waals surface area contributed by atoms with Gasteiger partial charge in [0.05, 0.1) is 6.61 Å². The first-order chi connectivity index (χ1) is 15.5. The number of hydrogen-bond acceptors (Lipinski definition) is 6. The molecule has 1 heterocycles. The van der Waals surface area contributed by atoms with Gasteiger partial charge in [0.1, 0.15) is 11.5 Å². The summed E-state index contributed by atoms with van der Waals surface area (Å²) in [7, 11) is 0. The Morgan fingerprint density at radius 3 is 2.16 bits per heavy atom. The number of carbonyl (C=O) groups is 3. The monoisotopic (exact) mass is 440 g/mol. The lowest BCUT2D eigenvalue weighted by molar-refractivity contribution is -0.133. The van der Waals surface area contributed by atoms with Crippen molar-refractivity contribution in [1.29, 1.82) is 0 Å². The van der Waals surface area contributed by atoms with Crippen LogP contribution in [0.5, 0.6) is 11.5 Å². The second kappa shape index (κ2) is 11.2. The lowest BCUT2D eigenvalue weighted by atomic mass is 10.2. The number of hydrogen-bond donors (Lipinski definition) is 0. The number of amides is 2. The molecule has 8 heteroatoms. The van der Waals surface area contributed by atoms with E-state index in [9.17, 15) is 14.4 Å². The van der Waals surface area contributed by atoms with Gasteiger partial charge in [-0.05, 0) is 56.7 Å². The number of ether oxygens (including phenoxy) is 3. The molecule has 0 aromatic heterocycles. The zero-order chi connectivity index (χ0) is 22.9. The van der Waals surface area contributed by atoms with Crippen molar-refractivity contribution in [3.05, 3.63) is 59.7 Å². The van der Waals surface area contributed by atoms with Gasteiger partial charge in [-0.15, -0.1) is 0 Å². The first kappa shape index (κ1) is 23.1. The van der Waals surface area contributed by atoms with E-state index in [0.29, 0.717) is 49.7 Å². The van der Waals surface area contributed by atoms with Gasteiger partial charge in [-0.25, -0.2) is 4.79 Å². The summed E-state index contributed by atoms with van der Waals surface area (Å²) in [5.74, 6) is 0.741. The molecule has 2 aromatic rings. The SMILES string of the molecule is CCOC(=O)Oc1ccc(C(=O)N2CCCN(C(=O)COc3ccc(C)cc3)CC2)cc1. The van der Waals surface area contributed by atoms with Gasteiger partial charge < -0.3 is 24.0 Å². The maximum atomic E-state index is 12.9. The van der Waals surface area contributed by atoms with Crippen LogP contribution in [-0.4, -0.2) is 67.2 Å². The van der Waals surface area contributed by atoms with E-state index < -0.39 is 6.16 Å². The van der Waals surface area contributed by atoms with E-state index in [0.717, 1.165) is 5.56 Å². The molecule has 32 heavy (non-hydrogen) atoms. The number of rotatable bonds is 6. The molecular formula is C24H28N2O6. The van der Waals surface area contributed by atoms with Gasteiger partial charge in [0, 0.05) is 31.7 Å². The summed E-state index contributed by atoms with van der Waals surface area (Å²) in [5.41, 5.74) is 1.62. The molecule has 0 unspecified atom stereocenters. The number of carbonyl (C=O) groups excluding carboxylic acids is 3. The van der Waals surface area contributed by atoms with Crippen LogP contribution in [-0.2, 0) is 9.53 Å². The molecule has 0 radical (unpaired) electrons. The molecule has 1 fully saturated rings. The molecule has 0 saturated carbocycles. The molecular weight excluding hydrogens is 412 g/mol. The van der Waals surface area contributed by atoms with Gasteiger partial charge in [0.25, 0.3) is 11.8 Å². The summed E-state index contributed by atoms with van der Waals surface area (Å²) < 4.78 is 15.3. The fourth-order valence-corrected chi connectivity index (χ4v) is 3.33. The van der Waals surface area contributed by atoms with Gasteiger partial charge >= 0.3 is 6.16 Å². The average Bonchev–Trinajstić information content (AvgIpc) is 3.05. The normalized spacial score (nSPS) is 13.8. The molecule has 0 spiro atoms. The Kier molecular flexibility index (Phi) is 8.08. The van der Waals surface area contributed by atoms with Crippen LogP contribution in [0.4, 0.5) is 4.79 Å². The average molecular weight is 440 g/mol. The summed E-state index contributed by atoms with van der Waals surface area (Å²) in [4.78, 5) is 40.3. The second-order valence-corrected chi connectivity index (χ2v) is 7.44. The van der Waals surface area contributed by atoms with Crippen LogP contribution >= 0.6 is 0 Å². The van der Waals surface area contributed by atoms with E-state index in [2.05, 4.69) is 0 Å². The van der Waals surface area contributed by atoms with Crippen molar-refractivity contribution in [1.82, 2.24) is 9.80 Å². The predicted molar refractivity (Wildman–Crippen MR) is 118 cm³/mol. The first-order valence-corrected chi connectivity index (χ1v) is 10.7. The van der Waals surface area contributed by atoms with Gasteiger partial charge in [-0.2, -0.15) is 0 Å². The Labute approximate surface area is 187 Å². The van der Waals surface area contributed by atoms with Crippen molar-refractivity contribution >= 4 is 18.0 Å². The molecule has 1 aliphatic heterocycles. The third kappa shape index (κ3) is 6.47. The highest BCUT2D eigenvalue weighted by molar-refractivity contribution is 5.94. The van der Waals surface area contributed by atoms with Crippen molar-refractivity contribution in [3.63, 3.8) is 0 Å². The molecule has 3 rings (SSSR count). The third-order valence-electron chi connectivity index (χ3n) is 5.08. The Morgan fingerprint density at radius 1 is 0.844 bits per heavy atom. The molecule has 170 valence electrons. The fourth-order valence-electron chi connectivity index (χ4n) is 3.33. The highest BCUT2D eigenvalue weighted by Crippen LogP contribution is 2.16. The summed E-state index contributed by atoms with van der Waals surface area (Å²) in [6, 6.07) is 13.9. The largest absolute Gasteiger partial charge is 0.513 e. The minimum absolute atomic E-state index is 0.0288. The van der Waals surface area contributed by atoms with Crippen LogP contribution in [0.3, 0.4) is 0 Å². The minimum atomic E-state index is -0.782. The minimum Gasteiger partial charge on any atom is -0.484 e. The van der Waals surface area contributed by atoms with Crippen LogP contribution in [0.2, 0.25) is 0 Å². The van der Waals surface area contributed by atoms with Gasteiger partial charge in [0.2, 0.25) is 0 Å². The molecule has 2 amide bonds. The quantitative estimate of drug-likeness (QED) is 0.506. The Balaban J connectivity index is 1.50. The van der Waals surface area contributed by atoms with Crippen LogP contribution in [0.15, 0.2) is 48.5 Å². The maximum Gasteiger partial charge on any atom is 0.513 e. The predicted octanol–water partition coefficient (Wildman–Crippen LogP) is 3.28. The number of nitrogens with zero attached hydrogens (tertiary/aromatic N) is 2. The lowest BCUT2D eigenvalue weighted by Crippen LogP contribution is -2.39. The van der Waals surface area contributed by atoms with Crippen LogP contribution in [0.25, 0.3) is 0 Å². The molecule has 2 aromatic carbocycles. The summed E-state index contributed by atoms with van der Waals surface area (Å²) in [5, 5.41) is 0. The number of aryl methyl sites for hydroxylation is 1. The Morgan fingerprint density at radius 2 is 1.47 bits per heavy atom. The van der Waals surface area contributed by atoms with Crippen molar-refractivity contribution in [2.75, 3.05) is 39.4 Å². The van der Waals surface area contributed by atoms with E-state index >= 15 is 0 Å². The number of benzene rings is 2. The van der Waals surface area contributed by atoms with Gasteiger partial charge in [-0.1, -0.05) is 17.7 Å². The van der Waals surface area contributed by atoms with E-state index in [4.69, 9.17) is 14.2 Å².